The van der Waals surface area contributed by atoms with Gasteiger partial charge in [0.15, 0.2) is 5.17 Å². The quantitative estimate of drug-likeness (QED) is 0.930. The fourth-order valence-electron chi connectivity index (χ4n) is 2.93. The number of rotatable bonds is 3. The minimum Gasteiger partial charge on any atom is -0.360 e. The number of nitrogens with one attached hydrogen (secondary N) is 1. The molecular weight excluding hydrogens is 278 g/mol. The molecule has 0 aromatic heterocycles. The molecule has 1 N–H and O–H groups in total. The molecule has 0 radical (unpaired) electrons. The monoisotopic (exact) mass is 303 g/mol. The summed E-state index contributed by atoms with van der Waals surface area (Å²) in [5, 5.41) is 4.73. The maximum absolute atomic E-state index is 4.95. The number of thioether (sulfide) groups is 1. The third-order valence-electron chi connectivity index (χ3n) is 4.21. The molecule has 2 aliphatic rings. The van der Waals surface area contributed by atoms with Gasteiger partial charge in [-0.1, -0.05) is 42.1 Å². The molecule has 1 unspecified atom stereocenters. The predicted octanol–water partition coefficient (Wildman–Crippen LogP) is 3.12. The molecule has 114 valence electrons. The van der Waals surface area contributed by atoms with Gasteiger partial charge in [-0.05, 0) is 32.3 Å². The van der Waals surface area contributed by atoms with Crippen LogP contribution in [0.3, 0.4) is 0 Å². The molecule has 2 aliphatic heterocycles. The Morgan fingerprint density at radius 1 is 1.33 bits per heavy atom. The zero-order chi connectivity index (χ0) is 14.7. The van der Waals surface area contributed by atoms with Gasteiger partial charge in [-0.3, -0.25) is 9.89 Å². The minimum atomic E-state index is 0.201. The minimum absolute atomic E-state index is 0.201. The largest absolute Gasteiger partial charge is 0.360 e. The molecule has 0 aliphatic carbocycles. The fraction of sp³-hybridized carbons (Fsp3) is 0.588. The first kappa shape index (κ1) is 14.9. The van der Waals surface area contributed by atoms with Crippen LogP contribution in [0.15, 0.2) is 35.3 Å². The number of hydrogen-bond acceptors (Lipinski definition) is 3. The molecule has 3 rings (SSSR count). The van der Waals surface area contributed by atoms with Crippen molar-refractivity contribution in [3.8, 4) is 0 Å². The van der Waals surface area contributed by atoms with Crippen LogP contribution in [0.25, 0.3) is 0 Å². The van der Waals surface area contributed by atoms with Crippen LogP contribution in [0.5, 0.6) is 0 Å². The number of likely N-dealkylation sites (tertiary alicyclic amines) is 1. The maximum atomic E-state index is 4.95. The molecule has 2 fully saturated rings. The highest BCUT2D eigenvalue weighted by Gasteiger charge is 2.27. The summed E-state index contributed by atoms with van der Waals surface area (Å²) in [6.07, 6.45) is 2.39. The number of hydrogen-bond donors (Lipinski definition) is 1. The van der Waals surface area contributed by atoms with Gasteiger partial charge >= 0.3 is 0 Å². The van der Waals surface area contributed by atoms with Gasteiger partial charge in [0.05, 0.1) is 6.04 Å². The van der Waals surface area contributed by atoms with Gasteiger partial charge in [0.25, 0.3) is 0 Å². The summed E-state index contributed by atoms with van der Waals surface area (Å²) < 4.78 is 0. The predicted molar refractivity (Wildman–Crippen MR) is 91.8 cm³/mol. The Morgan fingerprint density at radius 2 is 2.14 bits per heavy atom. The lowest BCUT2D eigenvalue weighted by molar-refractivity contribution is 0.327. The van der Waals surface area contributed by atoms with E-state index in [2.05, 4.69) is 54.4 Å². The summed E-state index contributed by atoms with van der Waals surface area (Å²) in [5.41, 5.74) is 1.60. The van der Waals surface area contributed by atoms with E-state index in [1.54, 1.807) is 0 Å². The molecule has 2 heterocycles. The van der Waals surface area contributed by atoms with E-state index in [-0.39, 0.29) is 5.54 Å². The topological polar surface area (TPSA) is 27.6 Å². The van der Waals surface area contributed by atoms with Gasteiger partial charge in [0.2, 0.25) is 0 Å². The van der Waals surface area contributed by atoms with Crippen LogP contribution < -0.4 is 5.32 Å². The van der Waals surface area contributed by atoms with Crippen LogP contribution in [-0.2, 0) is 6.54 Å². The van der Waals surface area contributed by atoms with Crippen LogP contribution in [0.1, 0.15) is 32.3 Å². The van der Waals surface area contributed by atoms with E-state index in [4.69, 9.17) is 4.99 Å². The van der Waals surface area contributed by atoms with Crippen LogP contribution in [0.2, 0.25) is 0 Å². The number of aliphatic imine (C=N–C) groups is 1. The number of amidine groups is 1. The van der Waals surface area contributed by atoms with Crippen molar-refractivity contribution < 1.29 is 0 Å². The molecule has 1 aromatic rings. The number of nitrogens with zero attached hydrogens (tertiary/aromatic N) is 2. The van der Waals surface area contributed by atoms with Gasteiger partial charge in [0, 0.05) is 30.9 Å². The lowest BCUT2D eigenvalue weighted by Crippen LogP contribution is -2.46. The van der Waals surface area contributed by atoms with Gasteiger partial charge in [0.1, 0.15) is 0 Å². The molecule has 3 nitrogen and oxygen atoms in total. The second-order valence-corrected chi connectivity index (χ2v) is 7.79. The van der Waals surface area contributed by atoms with Crippen LogP contribution in [-0.4, -0.2) is 40.5 Å². The number of benzene rings is 1. The lowest BCUT2D eigenvalue weighted by Gasteiger charge is -2.32. The summed E-state index contributed by atoms with van der Waals surface area (Å²) in [5.74, 6) is 1.18. The molecule has 0 saturated carbocycles. The zero-order valence-electron chi connectivity index (χ0n) is 13.0. The van der Waals surface area contributed by atoms with Crippen molar-refractivity contribution in [2.45, 2.75) is 44.8 Å². The summed E-state index contributed by atoms with van der Waals surface area (Å²) >= 11 is 1.88. The molecule has 4 heteroatoms. The van der Waals surface area contributed by atoms with E-state index >= 15 is 0 Å². The van der Waals surface area contributed by atoms with E-state index in [1.807, 2.05) is 11.8 Å². The SMILES string of the molecule is CC1(C)CCSC(=NC2CCN(Cc3ccccc3)C2)N1. The molecule has 1 aromatic carbocycles. The lowest BCUT2D eigenvalue weighted by atomic mass is 10.0. The third kappa shape index (κ3) is 4.24. The normalized spacial score (nSPS) is 27.7. The second-order valence-electron chi connectivity index (χ2n) is 6.70. The summed E-state index contributed by atoms with van der Waals surface area (Å²) in [7, 11) is 0. The van der Waals surface area contributed by atoms with E-state index in [0.29, 0.717) is 6.04 Å². The van der Waals surface area contributed by atoms with Crippen LogP contribution in [0.4, 0.5) is 0 Å². The highest BCUT2D eigenvalue weighted by atomic mass is 32.2. The molecule has 0 amide bonds. The zero-order valence-corrected chi connectivity index (χ0v) is 13.8. The molecule has 21 heavy (non-hydrogen) atoms. The van der Waals surface area contributed by atoms with Crippen molar-refractivity contribution in [1.82, 2.24) is 10.2 Å². The summed E-state index contributed by atoms with van der Waals surface area (Å²) in [6.45, 7) is 7.82. The van der Waals surface area contributed by atoms with E-state index in [0.717, 1.165) is 24.8 Å². The molecular formula is C17H25N3S. The molecule has 1 atom stereocenters. The van der Waals surface area contributed by atoms with Gasteiger partial charge in [-0.2, -0.15) is 0 Å². The second kappa shape index (κ2) is 6.41. The van der Waals surface area contributed by atoms with Gasteiger partial charge < -0.3 is 5.32 Å². The third-order valence-corrected chi connectivity index (χ3v) is 5.10. The van der Waals surface area contributed by atoms with Crippen LogP contribution in [0, 0.1) is 0 Å². The Kier molecular flexibility index (Phi) is 4.55. The highest BCUT2D eigenvalue weighted by Crippen LogP contribution is 2.23. The van der Waals surface area contributed by atoms with E-state index in [9.17, 15) is 0 Å². The Morgan fingerprint density at radius 3 is 2.90 bits per heavy atom. The first-order valence-corrected chi connectivity index (χ1v) is 8.84. The van der Waals surface area contributed by atoms with E-state index < -0.39 is 0 Å². The maximum Gasteiger partial charge on any atom is 0.157 e. The van der Waals surface area contributed by atoms with Crippen molar-refractivity contribution in [2.24, 2.45) is 4.99 Å². The molecule has 0 bridgehead atoms. The Labute approximate surface area is 132 Å². The van der Waals surface area contributed by atoms with Crippen molar-refractivity contribution in [3.05, 3.63) is 35.9 Å². The highest BCUT2D eigenvalue weighted by molar-refractivity contribution is 8.13. The Bertz CT molecular complexity index is 498. The average molecular weight is 303 g/mol. The Balaban J connectivity index is 1.55. The first-order chi connectivity index (χ1) is 10.1. The summed E-state index contributed by atoms with van der Waals surface area (Å²) in [4.78, 5) is 7.47. The van der Waals surface area contributed by atoms with Crippen molar-refractivity contribution >= 4 is 16.9 Å². The smallest absolute Gasteiger partial charge is 0.157 e. The van der Waals surface area contributed by atoms with Crippen molar-refractivity contribution in [3.63, 3.8) is 0 Å². The first-order valence-electron chi connectivity index (χ1n) is 7.86. The van der Waals surface area contributed by atoms with Crippen molar-refractivity contribution in [1.29, 1.82) is 0 Å². The van der Waals surface area contributed by atoms with E-state index in [1.165, 1.54) is 24.2 Å². The van der Waals surface area contributed by atoms with Gasteiger partial charge in [-0.25, -0.2) is 0 Å². The van der Waals surface area contributed by atoms with Crippen LogP contribution >= 0.6 is 11.8 Å². The van der Waals surface area contributed by atoms with Crippen molar-refractivity contribution in [2.75, 3.05) is 18.8 Å². The fourth-order valence-corrected chi connectivity index (χ4v) is 4.31. The molecule has 0 spiro atoms. The summed E-state index contributed by atoms with van der Waals surface area (Å²) in [6, 6.07) is 11.2. The molecule has 2 saturated heterocycles. The Hall–Kier alpha value is -1.00. The average Bonchev–Trinajstić information content (AvgIpc) is 2.86. The standard InChI is InChI=1S/C17H25N3S/c1-17(2)9-11-21-16(19-17)18-15-8-10-20(13-15)12-14-6-4-3-5-7-14/h3-7,15H,8-13H2,1-2H3,(H,18,19). The van der Waals surface area contributed by atoms with Gasteiger partial charge in [-0.15, -0.1) is 0 Å².